The second-order valence-electron chi connectivity index (χ2n) is 10.8. The number of benzene rings is 3. The zero-order chi connectivity index (χ0) is 26.7. The highest BCUT2D eigenvalue weighted by Crippen LogP contribution is 2.36. The van der Waals surface area contributed by atoms with Crippen LogP contribution in [0, 0.1) is 0 Å². The van der Waals surface area contributed by atoms with Gasteiger partial charge in [-0.3, -0.25) is 9.80 Å². The van der Waals surface area contributed by atoms with E-state index in [1.54, 1.807) is 0 Å². The van der Waals surface area contributed by atoms with Crippen molar-refractivity contribution in [2.24, 2.45) is 0 Å². The molecule has 0 bridgehead atoms. The molecule has 0 N–H and O–H groups in total. The second-order valence-corrected chi connectivity index (χ2v) is 10.8. The molecule has 0 atom stereocenters. The molecule has 4 nitrogen and oxygen atoms in total. The van der Waals surface area contributed by atoms with Gasteiger partial charge < -0.3 is 9.47 Å². The molecule has 0 amide bonds. The largest absolute Gasteiger partial charge is 0.492 e. The van der Waals surface area contributed by atoms with Gasteiger partial charge in [0.15, 0.2) is 0 Å². The zero-order valence-electron chi connectivity index (χ0n) is 23.6. The standard InChI is InChI=1S/C35H44N2O2/c1-2-10-34(29-11-4-3-5-12-29)35(30-13-17-32(18-14-30)38-27-25-36-21-6-7-22-36)31-15-19-33(20-16-31)39-28-26-37-23-8-9-24-37/h3-5,11-20H,2,6-10,21-28H2,1H3. The van der Waals surface area contributed by atoms with Crippen LogP contribution in [-0.2, 0) is 0 Å². The maximum atomic E-state index is 6.11. The maximum absolute atomic E-state index is 6.11. The third kappa shape index (κ3) is 7.74. The SMILES string of the molecule is CCCC(=C(c1ccc(OCCN2CCCC2)cc1)c1ccc(OCCN2CCCC2)cc1)c1ccccc1. The Bertz CT molecular complexity index is 1090. The van der Waals surface area contributed by atoms with Crippen LogP contribution >= 0.6 is 0 Å². The van der Waals surface area contributed by atoms with Crippen LogP contribution < -0.4 is 9.47 Å². The Labute approximate surface area is 235 Å². The first-order valence-corrected chi connectivity index (χ1v) is 15.0. The van der Waals surface area contributed by atoms with Crippen molar-refractivity contribution in [2.45, 2.75) is 45.4 Å². The molecule has 0 radical (unpaired) electrons. The van der Waals surface area contributed by atoms with Crippen LogP contribution in [0.2, 0.25) is 0 Å². The van der Waals surface area contributed by atoms with Gasteiger partial charge in [-0.05, 0) is 110 Å². The first-order valence-electron chi connectivity index (χ1n) is 15.0. The molecule has 206 valence electrons. The van der Waals surface area contributed by atoms with Crippen molar-refractivity contribution in [3.63, 3.8) is 0 Å². The van der Waals surface area contributed by atoms with Gasteiger partial charge in [0.1, 0.15) is 24.7 Å². The second kappa shape index (κ2) is 14.3. The van der Waals surface area contributed by atoms with Crippen molar-refractivity contribution < 1.29 is 9.47 Å². The van der Waals surface area contributed by atoms with Crippen molar-refractivity contribution in [1.82, 2.24) is 9.80 Å². The quantitative estimate of drug-likeness (QED) is 0.218. The molecule has 2 fully saturated rings. The molecule has 3 aromatic rings. The Morgan fingerprint density at radius 1 is 0.590 bits per heavy atom. The van der Waals surface area contributed by atoms with E-state index in [0.717, 1.165) is 50.6 Å². The summed E-state index contributed by atoms with van der Waals surface area (Å²) in [5.41, 5.74) is 6.39. The molecule has 3 aromatic carbocycles. The van der Waals surface area contributed by atoms with E-state index in [2.05, 4.69) is 95.6 Å². The number of rotatable bonds is 13. The van der Waals surface area contributed by atoms with Crippen LogP contribution in [0.15, 0.2) is 78.9 Å². The predicted octanol–water partition coefficient (Wildman–Crippen LogP) is 7.40. The molecule has 2 saturated heterocycles. The summed E-state index contributed by atoms with van der Waals surface area (Å²) < 4.78 is 12.2. The lowest BCUT2D eigenvalue weighted by molar-refractivity contribution is 0.237. The third-order valence-electron chi connectivity index (χ3n) is 7.96. The molecule has 2 aliphatic heterocycles. The molecule has 39 heavy (non-hydrogen) atoms. The average molecular weight is 525 g/mol. The number of nitrogens with zero attached hydrogens (tertiary/aromatic N) is 2. The highest BCUT2D eigenvalue weighted by atomic mass is 16.5. The monoisotopic (exact) mass is 524 g/mol. The Hall–Kier alpha value is -3.08. The number of hydrogen-bond donors (Lipinski definition) is 0. The molecule has 0 saturated carbocycles. The minimum atomic E-state index is 0.742. The summed E-state index contributed by atoms with van der Waals surface area (Å²) in [7, 11) is 0. The maximum Gasteiger partial charge on any atom is 0.119 e. The minimum absolute atomic E-state index is 0.742. The van der Waals surface area contributed by atoms with Crippen molar-refractivity contribution in [3.8, 4) is 11.5 Å². The van der Waals surface area contributed by atoms with Crippen molar-refractivity contribution in [1.29, 1.82) is 0 Å². The highest BCUT2D eigenvalue weighted by molar-refractivity contribution is 5.98. The topological polar surface area (TPSA) is 24.9 Å². The summed E-state index contributed by atoms with van der Waals surface area (Å²) in [6.07, 6.45) is 7.37. The molecule has 2 heterocycles. The van der Waals surface area contributed by atoms with E-state index in [1.807, 2.05) is 0 Å². The summed E-state index contributed by atoms with van der Waals surface area (Å²) >= 11 is 0. The number of allylic oxidation sites excluding steroid dienone is 1. The molecule has 2 aliphatic rings. The zero-order valence-corrected chi connectivity index (χ0v) is 23.6. The average Bonchev–Trinajstić information content (AvgIpc) is 3.70. The van der Waals surface area contributed by atoms with Gasteiger partial charge >= 0.3 is 0 Å². The Balaban J connectivity index is 1.36. The molecular formula is C35H44N2O2. The molecule has 0 spiro atoms. The Morgan fingerprint density at radius 2 is 1.05 bits per heavy atom. The lowest BCUT2D eigenvalue weighted by Crippen LogP contribution is -2.25. The molecular weight excluding hydrogens is 480 g/mol. The van der Waals surface area contributed by atoms with Crippen LogP contribution in [0.25, 0.3) is 11.1 Å². The predicted molar refractivity (Wildman–Crippen MR) is 162 cm³/mol. The molecule has 0 unspecified atom stereocenters. The van der Waals surface area contributed by atoms with E-state index in [4.69, 9.17) is 9.47 Å². The van der Waals surface area contributed by atoms with Crippen LogP contribution in [-0.4, -0.2) is 62.3 Å². The normalized spacial score (nSPS) is 15.9. The van der Waals surface area contributed by atoms with E-state index >= 15 is 0 Å². The van der Waals surface area contributed by atoms with Crippen LogP contribution in [0.3, 0.4) is 0 Å². The molecule has 0 aromatic heterocycles. The fraction of sp³-hybridized carbons (Fsp3) is 0.429. The van der Waals surface area contributed by atoms with Gasteiger partial charge in [0.05, 0.1) is 0 Å². The number of ether oxygens (including phenoxy) is 2. The van der Waals surface area contributed by atoms with E-state index in [1.165, 1.54) is 79.7 Å². The van der Waals surface area contributed by atoms with Crippen LogP contribution in [0.5, 0.6) is 11.5 Å². The van der Waals surface area contributed by atoms with Crippen molar-refractivity contribution in [3.05, 3.63) is 95.6 Å². The fourth-order valence-corrected chi connectivity index (χ4v) is 5.85. The summed E-state index contributed by atoms with van der Waals surface area (Å²) in [6, 6.07) is 28.2. The first-order chi connectivity index (χ1) is 19.3. The van der Waals surface area contributed by atoms with Crippen molar-refractivity contribution in [2.75, 3.05) is 52.5 Å². The van der Waals surface area contributed by atoms with E-state index < -0.39 is 0 Å². The van der Waals surface area contributed by atoms with Crippen molar-refractivity contribution >= 4 is 11.1 Å². The highest BCUT2D eigenvalue weighted by Gasteiger charge is 2.16. The van der Waals surface area contributed by atoms with Gasteiger partial charge in [0, 0.05) is 13.1 Å². The van der Waals surface area contributed by atoms with Gasteiger partial charge in [0.25, 0.3) is 0 Å². The van der Waals surface area contributed by atoms with E-state index in [-0.39, 0.29) is 0 Å². The van der Waals surface area contributed by atoms with E-state index in [9.17, 15) is 0 Å². The third-order valence-corrected chi connectivity index (χ3v) is 7.96. The smallest absolute Gasteiger partial charge is 0.119 e. The lowest BCUT2D eigenvalue weighted by Gasteiger charge is -2.19. The number of likely N-dealkylation sites (tertiary alicyclic amines) is 2. The van der Waals surface area contributed by atoms with Crippen LogP contribution in [0.4, 0.5) is 0 Å². The van der Waals surface area contributed by atoms with Gasteiger partial charge in [0.2, 0.25) is 0 Å². The van der Waals surface area contributed by atoms with E-state index in [0.29, 0.717) is 0 Å². The fourth-order valence-electron chi connectivity index (χ4n) is 5.85. The minimum Gasteiger partial charge on any atom is -0.492 e. The Morgan fingerprint density at radius 3 is 1.49 bits per heavy atom. The van der Waals surface area contributed by atoms with Crippen LogP contribution in [0.1, 0.15) is 62.1 Å². The van der Waals surface area contributed by atoms with Gasteiger partial charge in [-0.25, -0.2) is 0 Å². The molecule has 4 heteroatoms. The summed E-state index contributed by atoms with van der Waals surface area (Å²) in [5.74, 6) is 1.88. The summed E-state index contributed by atoms with van der Waals surface area (Å²) in [5, 5.41) is 0. The lowest BCUT2D eigenvalue weighted by atomic mass is 9.87. The van der Waals surface area contributed by atoms with Gasteiger partial charge in [-0.2, -0.15) is 0 Å². The van der Waals surface area contributed by atoms with Gasteiger partial charge in [-0.1, -0.05) is 67.9 Å². The summed E-state index contributed by atoms with van der Waals surface area (Å²) in [4.78, 5) is 4.98. The van der Waals surface area contributed by atoms with Gasteiger partial charge in [-0.15, -0.1) is 0 Å². The Kier molecular flexibility index (Phi) is 10.1. The molecule has 0 aliphatic carbocycles. The summed E-state index contributed by atoms with van der Waals surface area (Å²) in [6.45, 7) is 10.6. The first kappa shape index (κ1) is 27.5. The molecule has 5 rings (SSSR count). The number of hydrogen-bond acceptors (Lipinski definition) is 4.